The minimum atomic E-state index is -0.554. The van der Waals surface area contributed by atoms with Crippen LogP contribution in [0.5, 0.6) is 6.01 Å². The molecule has 0 aliphatic carbocycles. The number of ether oxygens (including phenoxy) is 1. The Bertz CT molecular complexity index is 1850. The van der Waals surface area contributed by atoms with Crippen LogP contribution < -0.4 is 20.7 Å². The summed E-state index contributed by atoms with van der Waals surface area (Å²) in [5.41, 5.74) is 8.14. The number of rotatable bonds is 7. The van der Waals surface area contributed by atoms with Crippen molar-refractivity contribution in [2.24, 2.45) is 11.8 Å². The molecule has 4 unspecified atom stereocenters. The largest absolute Gasteiger partial charge is 0.461 e. The molecular weight excluding hydrogens is 579 g/mol. The molecule has 1 aromatic carbocycles. The molecule has 238 valence electrons. The van der Waals surface area contributed by atoms with Crippen LogP contribution in [0.15, 0.2) is 30.5 Å². The van der Waals surface area contributed by atoms with Crippen molar-refractivity contribution in [2.45, 2.75) is 70.0 Å². The first-order valence-electron chi connectivity index (χ1n) is 16.8. The molecule has 4 fully saturated rings. The Morgan fingerprint density at radius 1 is 1.07 bits per heavy atom. The predicted molar refractivity (Wildman–Crippen MR) is 179 cm³/mol. The SMILES string of the molecule is C#Cc1cccc2nc(N)cc(-c3ncc4c(N5CC6CCC(C5)N6)nc(OCC56CC(CC)CN5CC(CC)C6)nc4c3F)c12. The molecule has 0 amide bonds. The van der Waals surface area contributed by atoms with Crippen molar-refractivity contribution in [1.29, 1.82) is 0 Å². The van der Waals surface area contributed by atoms with Gasteiger partial charge in [0.15, 0.2) is 5.82 Å². The van der Waals surface area contributed by atoms with Crippen molar-refractivity contribution < 1.29 is 9.13 Å². The highest BCUT2D eigenvalue weighted by molar-refractivity contribution is 6.01. The van der Waals surface area contributed by atoms with Crippen molar-refractivity contribution in [2.75, 3.05) is 43.4 Å². The third-order valence-electron chi connectivity index (χ3n) is 11.0. The van der Waals surface area contributed by atoms with E-state index >= 15 is 4.39 Å². The van der Waals surface area contributed by atoms with Gasteiger partial charge in [-0.15, -0.1) is 6.42 Å². The number of aromatic nitrogens is 4. The molecule has 4 saturated heterocycles. The summed E-state index contributed by atoms with van der Waals surface area (Å²) in [5.74, 6) is 4.41. The lowest BCUT2D eigenvalue weighted by Gasteiger charge is -2.34. The van der Waals surface area contributed by atoms with Gasteiger partial charge in [0.1, 0.15) is 29.5 Å². The number of piperazine rings is 1. The maximum atomic E-state index is 16.9. The lowest BCUT2D eigenvalue weighted by Crippen LogP contribution is -2.51. The standard InChI is InChI=1S/C36H41FN8O/c1-4-21-13-36(14-22(5-2)17-45(36)16-21)20-46-35-42-33-27(34(43-35)44-18-24-10-11-25(19-44)40-24)15-39-32(31(33)37)26-12-29(38)41-28-9-7-8-23(6-3)30(26)28/h3,7-9,12,15,21-22,24-25,40H,4-5,10-11,13-14,16-20H2,1-2H3,(H2,38,41). The maximum Gasteiger partial charge on any atom is 0.319 e. The Kier molecular flexibility index (Phi) is 7.22. The van der Waals surface area contributed by atoms with E-state index in [2.05, 4.69) is 44.9 Å². The van der Waals surface area contributed by atoms with Gasteiger partial charge in [-0.25, -0.2) is 9.37 Å². The van der Waals surface area contributed by atoms with Gasteiger partial charge in [-0.05, 0) is 55.7 Å². The topological polar surface area (TPSA) is 105 Å². The van der Waals surface area contributed by atoms with Crippen LogP contribution in [0, 0.1) is 30.0 Å². The van der Waals surface area contributed by atoms with Crippen LogP contribution in [0.4, 0.5) is 16.0 Å². The summed E-state index contributed by atoms with van der Waals surface area (Å²) in [7, 11) is 0. The van der Waals surface area contributed by atoms with E-state index in [0.717, 1.165) is 64.7 Å². The molecule has 8 rings (SSSR count). The lowest BCUT2D eigenvalue weighted by molar-refractivity contribution is 0.107. The minimum absolute atomic E-state index is 0.0327. The average molecular weight is 621 g/mol. The fourth-order valence-electron chi connectivity index (χ4n) is 8.69. The molecule has 0 spiro atoms. The number of nitrogen functional groups attached to an aromatic ring is 1. The second kappa shape index (κ2) is 11.3. The highest BCUT2D eigenvalue weighted by atomic mass is 19.1. The summed E-state index contributed by atoms with van der Waals surface area (Å²) in [6.07, 6.45) is 14.3. The van der Waals surface area contributed by atoms with Gasteiger partial charge >= 0.3 is 6.01 Å². The molecule has 7 heterocycles. The second-order valence-corrected chi connectivity index (χ2v) is 13.9. The van der Waals surface area contributed by atoms with Crippen LogP contribution >= 0.6 is 0 Å². The lowest BCUT2D eigenvalue weighted by atomic mass is 9.86. The number of anilines is 2. The van der Waals surface area contributed by atoms with Crippen LogP contribution in [0.25, 0.3) is 33.1 Å². The van der Waals surface area contributed by atoms with E-state index in [9.17, 15) is 0 Å². The number of nitrogens with one attached hydrogen (secondary N) is 1. The molecule has 46 heavy (non-hydrogen) atoms. The first-order chi connectivity index (χ1) is 22.4. The summed E-state index contributed by atoms with van der Waals surface area (Å²) in [4.78, 5) is 23.8. The third-order valence-corrected chi connectivity index (χ3v) is 11.0. The molecule has 2 bridgehead atoms. The Morgan fingerprint density at radius 2 is 1.80 bits per heavy atom. The Hall–Kier alpha value is -4.07. The first-order valence-corrected chi connectivity index (χ1v) is 16.8. The summed E-state index contributed by atoms with van der Waals surface area (Å²) in [6, 6.07) is 8.05. The first kappa shape index (κ1) is 29.3. The van der Waals surface area contributed by atoms with Crippen LogP contribution in [0.3, 0.4) is 0 Å². The maximum absolute atomic E-state index is 16.9. The molecule has 4 aliphatic rings. The van der Waals surface area contributed by atoms with E-state index in [1.165, 1.54) is 0 Å². The number of halogens is 1. The van der Waals surface area contributed by atoms with Gasteiger partial charge in [-0.2, -0.15) is 9.97 Å². The Morgan fingerprint density at radius 3 is 2.50 bits per heavy atom. The smallest absolute Gasteiger partial charge is 0.319 e. The van der Waals surface area contributed by atoms with Crippen molar-refractivity contribution in [3.8, 4) is 29.6 Å². The normalized spacial score (nSPS) is 27.4. The molecular formula is C36H41FN8O. The van der Waals surface area contributed by atoms with E-state index < -0.39 is 5.82 Å². The molecule has 0 saturated carbocycles. The number of nitrogens with zero attached hydrogens (tertiary/aromatic N) is 6. The van der Waals surface area contributed by atoms with Gasteiger partial charge in [0, 0.05) is 61.0 Å². The average Bonchev–Trinajstić information content (AvgIpc) is 3.71. The number of nitrogens with two attached hydrogens (primary N) is 1. The van der Waals surface area contributed by atoms with E-state index in [1.54, 1.807) is 12.3 Å². The number of benzene rings is 1. The molecule has 10 heteroatoms. The van der Waals surface area contributed by atoms with Crippen molar-refractivity contribution in [3.05, 3.63) is 41.8 Å². The van der Waals surface area contributed by atoms with Gasteiger partial charge < -0.3 is 20.7 Å². The Balaban J connectivity index is 1.24. The third kappa shape index (κ3) is 4.83. The van der Waals surface area contributed by atoms with E-state index in [4.69, 9.17) is 26.9 Å². The van der Waals surface area contributed by atoms with Crippen LogP contribution in [-0.4, -0.2) is 75.2 Å². The number of fused-ring (bicyclic) bond motifs is 5. The Labute approximate surface area is 269 Å². The summed E-state index contributed by atoms with van der Waals surface area (Å²) in [5, 5.41) is 4.89. The second-order valence-electron chi connectivity index (χ2n) is 13.9. The van der Waals surface area contributed by atoms with Gasteiger partial charge in [-0.3, -0.25) is 9.88 Å². The number of terminal acetylenes is 1. The van der Waals surface area contributed by atoms with Crippen LogP contribution in [-0.2, 0) is 0 Å². The minimum Gasteiger partial charge on any atom is -0.461 e. The zero-order chi connectivity index (χ0) is 31.6. The van der Waals surface area contributed by atoms with Crippen LogP contribution in [0.1, 0.15) is 57.9 Å². The molecule has 0 radical (unpaired) electrons. The van der Waals surface area contributed by atoms with Crippen molar-refractivity contribution >= 4 is 33.4 Å². The zero-order valence-corrected chi connectivity index (χ0v) is 26.6. The van der Waals surface area contributed by atoms with E-state index in [0.29, 0.717) is 63.8 Å². The monoisotopic (exact) mass is 620 g/mol. The molecule has 4 aromatic rings. The molecule has 4 aliphatic heterocycles. The number of pyridine rings is 2. The molecule has 3 N–H and O–H groups in total. The summed E-state index contributed by atoms with van der Waals surface area (Å²) >= 11 is 0. The summed E-state index contributed by atoms with van der Waals surface area (Å²) in [6.45, 7) is 8.84. The van der Waals surface area contributed by atoms with Gasteiger partial charge in [0.05, 0.1) is 16.4 Å². The van der Waals surface area contributed by atoms with Gasteiger partial charge in [0.25, 0.3) is 0 Å². The van der Waals surface area contributed by atoms with E-state index in [1.807, 2.05) is 18.2 Å². The summed E-state index contributed by atoms with van der Waals surface area (Å²) < 4.78 is 23.5. The van der Waals surface area contributed by atoms with Gasteiger partial charge in [0.2, 0.25) is 0 Å². The van der Waals surface area contributed by atoms with Crippen molar-refractivity contribution in [1.82, 2.24) is 30.2 Å². The quantitative estimate of drug-likeness (QED) is 0.271. The highest BCUT2D eigenvalue weighted by Gasteiger charge is 2.51. The zero-order valence-electron chi connectivity index (χ0n) is 26.6. The predicted octanol–water partition coefficient (Wildman–Crippen LogP) is 5.16. The molecule has 4 atom stereocenters. The fraction of sp³-hybridized carbons (Fsp3) is 0.500. The number of hydrogen-bond acceptors (Lipinski definition) is 9. The molecule has 3 aromatic heterocycles. The molecule has 9 nitrogen and oxygen atoms in total. The van der Waals surface area contributed by atoms with Crippen LogP contribution in [0.2, 0.25) is 0 Å². The van der Waals surface area contributed by atoms with Gasteiger partial charge in [-0.1, -0.05) is 38.7 Å². The van der Waals surface area contributed by atoms with E-state index in [-0.39, 0.29) is 28.6 Å². The van der Waals surface area contributed by atoms with Crippen molar-refractivity contribution in [3.63, 3.8) is 0 Å². The number of hydrogen-bond donors (Lipinski definition) is 2. The fourth-order valence-corrected chi connectivity index (χ4v) is 8.69. The highest BCUT2D eigenvalue weighted by Crippen LogP contribution is 2.46.